The van der Waals surface area contributed by atoms with Crippen LogP contribution in [0, 0.1) is 0 Å². The number of carbonyl (C=O) groups is 2. The first-order chi connectivity index (χ1) is 42.8. The Morgan fingerprint density at radius 3 is 0.885 bits per heavy atom. The molecule has 0 saturated heterocycles. The first kappa shape index (κ1) is 83.4. The highest BCUT2D eigenvalue weighted by atomic mass is 31.2. The van der Waals surface area contributed by atoms with Gasteiger partial charge in [-0.15, -0.1) is 0 Å². The summed E-state index contributed by atoms with van der Waals surface area (Å²) in [5.41, 5.74) is 5.40. The van der Waals surface area contributed by atoms with Crippen LogP contribution in [0.1, 0.15) is 322 Å². The van der Waals surface area contributed by atoms with Crippen molar-refractivity contribution in [3.63, 3.8) is 0 Å². The van der Waals surface area contributed by atoms with Crippen LogP contribution in [0.2, 0.25) is 0 Å². The van der Waals surface area contributed by atoms with Crippen LogP contribution in [-0.4, -0.2) is 49.3 Å². The van der Waals surface area contributed by atoms with Crippen LogP contribution in [-0.2, 0) is 32.7 Å². The second kappa shape index (κ2) is 71.5. The Bertz CT molecular complexity index is 1840. The maximum absolute atomic E-state index is 12.8. The van der Waals surface area contributed by atoms with Crippen molar-refractivity contribution in [1.82, 2.24) is 0 Å². The van der Waals surface area contributed by atoms with Crippen LogP contribution in [0.4, 0.5) is 0 Å². The average molecular weight is 1230 g/mol. The number of hydrogen-bond acceptors (Lipinski definition) is 8. The summed E-state index contributed by atoms with van der Waals surface area (Å²) in [6, 6.07) is 0. The lowest BCUT2D eigenvalue weighted by atomic mass is 10.0. The molecule has 87 heavy (non-hydrogen) atoms. The number of nitrogens with two attached hydrogens (primary N) is 1. The highest BCUT2D eigenvalue weighted by molar-refractivity contribution is 7.47. The molecule has 10 heteroatoms. The van der Waals surface area contributed by atoms with E-state index in [1.54, 1.807) is 0 Å². The van der Waals surface area contributed by atoms with E-state index in [0.29, 0.717) is 6.42 Å². The molecule has 500 valence electrons. The maximum atomic E-state index is 12.8. The minimum atomic E-state index is -4.40. The van der Waals surface area contributed by atoms with Gasteiger partial charge in [-0.25, -0.2) is 4.57 Å². The summed E-state index contributed by atoms with van der Waals surface area (Å²) in [7, 11) is -4.40. The van der Waals surface area contributed by atoms with E-state index in [9.17, 15) is 19.0 Å². The molecule has 0 bridgehead atoms. The highest BCUT2D eigenvalue weighted by Gasteiger charge is 2.26. The number of hydrogen-bond donors (Lipinski definition) is 2. The Morgan fingerprint density at radius 2 is 0.598 bits per heavy atom. The van der Waals surface area contributed by atoms with Gasteiger partial charge in [0, 0.05) is 19.4 Å². The molecule has 9 nitrogen and oxygen atoms in total. The number of esters is 2. The number of ether oxygens (including phenoxy) is 2. The lowest BCUT2D eigenvalue weighted by Crippen LogP contribution is -2.29. The molecular weight excluding hydrogens is 1100 g/mol. The second-order valence-corrected chi connectivity index (χ2v) is 25.1. The molecule has 0 aliphatic carbocycles. The van der Waals surface area contributed by atoms with Gasteiger partial charge in [-0.3, -0.25) is 18.6 Å². The van der Waals surface area contributed by atoms with Crippen LogP contribution in [0.25, 0.3) is 0 Å². The molecule has 0 heterocycles. The zero-order chi connectivity index (χ0) is 63.0. The predicted molar refractivity (Wildman–Crippen MR) is 376 cm³/mol. The predicted octanol–water partition coefficient (Wildman–Crippen LogP) is 23.9. The smallest absolute Gasteiger partial charge is 0.462 e. The summed E-state index contributed by atoms with van der Waals surface area (Å²) in [5, 5.41) is 0. The van der Waals surface area contributed by atoms with Gasteiger partial charge in [0.1, 0.15) is 6.61 Å². The number of unbranched alkanes of at least 4 members (excludes halogenated alkanes) is 34. The van der Waals surface area contributed by atoms with E-state index < -0.39 is 26.5 Å². The van der Waals surface area contributed by atoms with Crippen molar-refractivity contribution in [2.45, 2.75) is 328 Å². The summed E-state index contributed by atoms with van der Waals surface area (Å²) in [6.07, 6.45) is 100. The molecule has 2 unspecified atom stereocenters. The van der Waals surface area contributed by atoms with Gasteiger partial charge in [0.2, 0.25) is 0 Å². The van der Waals surface area contributed by atoms with Crippen LogP contribution < -0.4 is 5.73 Å². The molecular formula is C77H134NO8P. The summed E-state index contributed by atoms with van der Waals surface area (Å²) in [6.45, 7) is 3.55. The fraction of sp³-hybridized carbons (Fsp3) is 0.714. The Hall–Kier alpha value is -3.59. The Labute approximate surface area is 536 Å². The molecule has 0 amide bonds. The minimum absolute atomic E-state index is 0.0507. The van der Waals surface area contributed by atoms with Gasteiger partial charge in [0.15, 0.2) is 6.10 Å². The highest BCUT2D eigenvalue weighted by Crippen LogP contribution is 2.43. The van der Waals surface area contributed by atoms with Crippen molar-refractivity contribution in [2.24, 2.45) is 5.73 Å². The van der Waals surface area contributed by atoms with Gasteiger partial charge >= 0.3 is 19.8 Å². The molecule has 0 spiro atoms. The molecule has 3 N–H and O–H groups in total. The second-order valence-electron chi connectivity index (χ2n) is 23.7. The Morgan fingerprint density at radius 1 is 0.345 bits per heavy atom. The van der Waals surface area contributed by atoms with Crippen molar-refractivity contribution in [3.8, 4) is 0 Å². The summed E-state index contributed by atoms with van der Waals surface area (Å²) in [4.78, 5) is 35.4. The van der Waals surface area contributed by atoms with Gasteiger partial charge in [-0.05, 0) is 103 Å². The minimum Gasteiger partial charge on any atom is -0.462 e. The topological polar surface area (TPSA) is 134 Å². The Kier molecular flexibility index (Phi) is 68.5. The van der Waals surface area contributed by atoms with Gasteiger partial charge in [0.25, 0.3) is 0 Å². The van der Waals surface area contributed by atoms with Crippen LogP contribution in [0.3, 0.4) is 0 Å². The quantitative estimate of drug-likeness (QED) is 0.0264. The van der Waals surface area contributed by atoms with E-state index in [1.807, 2.05) is 0 Å². The number of carbonyl (C=O) groups excluding carboxylic acids is 2. The number of rotatable bonds is 67. The van der Waals surface area contributed by atoms with Crippen LogP contribution in [0.15, 0.2) is 122 Å². The monoisotopic (exact) mass is 1230 g/mol. The molecule has 0 aliphatic heterocycles. The largest absolute Gasteiger partial charge is 0.472 e. The molecule has 0 aliphatic rings. The molecule has 0 fully saturated rings. The van der Waals surface area contributed by atoms with Crippen LogP contribution in [0.5, 0.6) is 0 Å². The van der Waals surface area contributed by atoms with Gasteiger partial charge in [0.05, 0.1) is 13.2 Å². The molecule has 0 aromatic rings. The first-order valence-electron chi connectivity index (χ1n) is 36.0. The maximum Gasteiger partial charge on any atom is 0.472 e. The van der Waals surface area contributed by atoms with E-state index in [1.165, 1.54) is 186 Å². The average Bonchev–Trinajstić information content (AvgIpc) is 3.65. The van der Waals surface area contributed by atoms with Crippen LogP contribution >= 0.6 is 7.82 Å². The first-order valence-corrected chi connectivity index (χ1v) is 37.5. The lowest BCUT2D eigenvalue weighted by molar-refractivity contribution is -0.161. The molecule has 0 radical (unpaired) electrons. The molecule has 0 saturated carbocycles. The van der Waals surface area contributed by atoms with Gasteiger partial charge in [-0.2, -0.15) is 0 Å². The SMILES string of the molecule is CC/C=C\C/C=C\C/C=C\C/C=C\C/C=C\C/C=C\CCCCCCCCCCCCCCCCCCCCCCCCC(=O)OC(COC(=O)CCCCCCCCCCCCCC/C=C\C/C=C\C/C=C\C/C=C\CC)COP(=O)(O)OCCN. The van der Waals surface area contributed by atoms with Gasteiger partial charge in [-0.1, -0.05) is 328 Å². The normalized spacial score (nSPS) is 13.7. The fourth-order valence-corrected chi connectivity index (χ4v) is 10.9. The van der Waals surface area contributed by atoms with E-state index in [2.05, 4.69) is 135 Å². The number of phosphoric ester groups is 1. The van der Waals surface area contributed by atoms with Crippen molar-refractivity contribution in [3.05, 3.63) is 122 Å². The summed E-state index contributed by atoms with van der Waals surface area (Å²) < 4.78 is 33.2. The van der Waals surface area contributed by atoms with E-state index in [-0.39, 0.29) is 38.6 Å². The summed E-state index contributed by atoms with van der Waals surface area (Å²) >= 11 is 0. The van der Waals surface area contributed by atoms with Crippen molar-refractivity contribution >= 4 is 19.8 Å². The van der Waals surface area contributed by atoms with E-state index in [4.69, 9.17) is 24.3 Å². The summed E-state index contributed by atoms with van der Waals surface area (Å²) in [5.74, 6) is -0.821. The third-order valence-corrected chi connectivity index (χ3v) is 16.3. The zero-order valence-corrected chi connectivity index (χ0v) is 57.1. The molecule has 2 atom stereocenters. The molecule has 0 rings (SSSR count). The van der Waals surface area contributed by atoms with E-state index >= 15 is 0 Å². The van der Waals surface area contributed by atoms with Crippen molar-refractivity contribution in [2.75, 3.05) is 26.4 Å². The fourth-order valence-electron chi connectivity index (χ4n) is 10.1. The third-order valence-electron chi connectivity index (χ3n) is 15.3. The lowest BCUT2D eigenvalue weighted by Gasteiger charge is -2.19. The third kappa shape index (κ3) is 71.4. The zero-order valence-electron chi connectivity index (χ0n) is 56.2. The Balaban J connectivity index is 3.82. The van der Waals surface area contributed by atoms with Gasteiger partial charge < -0.3 is 20.1 Å². The molecule has 0 aromatic carbocycles. The standard InChI is InChI=1S/C77H134NO8P/c1-3-5-7-9-11-13-15-17-19-21-23-25-27-29-30-31-32-33-34-35-36-37-38-39-40-41-42-43-44-46-48-50-52-54-56-58-60-62-64-66-68-70-77(80)86-75(74-85-87(81,82)84-72-71-78)73-83-76(79)69-67-65-63-61-59-57-55-53-51-49-47-45-28-26-24-22-20-18-16-14-12-10-8-6-4-2/h5-8,11-14,17-20,23-26,29-30,32-33,75H,3-4,9-10,15-16,21-22,27-28,31,34-74,78H2,1-2H3,(H,81,82)/b7-5-,8-6-,13-11-,14-12-,19-17-,20-18-,25-23-,26-24-,30-29-,33-32-. The van der Waals surface area contributed by atoms with Crippen molar-refractivity contribution in [1.29, 1.82) is 0 Å². The van der Waals surface area contributed by atoms with Crippen molar-refractivity contribution < 1.29 is 37.6 Å². The molecule has 0 aromatic heterocycles. The number of phosphoric acid groups is 1. The van der Waals surface area contributed by atoms with E-state index in [0.717, 1.165) is 103 Å². The number of allylic oxidation sites excluding steroid dienone is 20.